The Morgan fingerprint density at radius 2 is 2.05 bits per heavy atom. The van der Waals surface area contributed by atoms with E-state index in [1.165, 1.54) is 6.07 Å². The van der Waals surface area contributed by atoms with Crippen molar-refractivity contribution in [3.8, 4) is 0 Å². The maximum absolute atomic E-state index is 11.5. The number of pyridine rings is 1. The molecule has 0 radical (unpaired) electrons. The van der Waals surface area contributed by atoms with Crippen LogP contribution in [-0.4, -0.2) is 35.1 Å². The lowest BCUT2D eigenvalue weighted by molar-refractivity contribution is -0.119. The van der Waals surface area contributed by atoms with Gasteiger partial charge < -0.3 is 15.7 Å². The average molecular weight is 273 g/mol. The second-order valence-electron chi connectivity index (χ2n) is 4.18. The summed E-state index contributed by atoms with van der Waals surface area (Å²) in [6.07, 6.45) is 0. The number of rotatable bonds is 5. The third kappa shape index (κ3) is 3.03. The van der Waals surface area contributed by atoms with Crippen molar-refractivity contribution in [1.82, 2.24) is 10.3 Å². The first-order valence-electron chi connectivity index (χ1n) is 6.25. The molecule has 1 aromatic heterocycles. The van der Waals surface area contributed by atoms with Crippen LogP contribution in [0.15, 0.2) is 30.3 Å². The van der Waals surface area contributed by atoms with Gasteiger partial charge in [0.1, 0.15) is 0 Å². The van der Waals surface area contributed by atoms with E-state index in [0.29, 0.717) is 17.7 Å². The standard InChI is InChI=1S/C14H15N3O3/c1-2-15-13(18)8-16-11-7-12(14(19)20)17-10-6-4-3-5-9(10)11/h3-7H,2,8H2,1H3,(H,15,18)(H,16,17)(H,19,20). The molecule has 0 atom stereocenters. The summed E-state index contributed by atoms with van der Waals surface area (Å²) >= 11 is 0. The predicted molar refractivity (Wildman–Crippen MR) is 75.9 cm³/mol. The molecular weight excluding hydrogens is 258 g/mol. The zero-order chi connectivity index (χ0) is 14.5. The Morgan fingerprint density at radius 3 is 2.75 bits per heavy atom. The van der Waals surface area contributed by atoms with Gasteiger partial charge in [-0.3, -0.25) is 4.79 Å². The van der Waals surface area contributed by atoms with E-state index in [0.717, 1.165) is 5.39 Å². The molecule has 0 aliphatic heterocycles. The topological polar surface area (TPSA) is 91.3 Å². The lowest BCUT2D eigenvalue weighted by atomic mass is 10.1. The molecule has 1 aromatic carbocycles. The predicted octanol–water partition coefficient (Wildman–Crippen LogP) is 1.48. The van der Waals surface area contributed by atoms with E-state index < -0.39 is 5.97 Å². The van der Waals surface area contributed by atoms with Gasteiger partial charge in [0.15, 0.2) is 5.69 Å². The number of anilines is 1. The molecule has 2 aromatic rings. The number of carbonyl (C=O) groups excluding carboxylic acids is 1. The van der Waals surface area contributed by atoms with Gasteiger partial charge in [-0.1, -0.05) is 18.2 Å². The number of carboxylic acids is 1. The van der Waals surface area contributed by atoms with Crippen molar-refractivity contribution in [2.75, 3.05) is 18.4 Å². The number of aromatic nitrogens is 1. The van der Waals surface area contributed by atoms with Crippen LogP contribution in [0.4, 0.5) is 5.69 Å². The molecule has 0 saturated heterocycles. The number of benzene rings is 1. The molecular formula is C14H15N3O3. The van der Waals surface area contributed by atoms with Gasteiger partial charge in [-0.25, -0.2) is 9.78 Å². The molecule has 104 valence electrons. The van der Waals surface area contributed by atoms with E-state index >= 15 is 0 Å². The van der Waals surface area contributed by atoms with Gasteiger partial charge in [0.05, 0.1) is 12.1 Å². The summed E-state index contributed by atoms with van der Waals surface area (Å²) in [5.41, 5.74) is 1.10. The Kier molecular flexibility index (Phi) is 4.14. The quantitative estimate of drug-likeness (QED) is 0.767. The van der Waals surface area contributed by atoms with Crippen LogP contribution < -0.4 is 10.6 Å². The average Bonchev–Trinajstić information content (AvgIpc) is 2.44. The molecule has 0 saturated carbocycles. The Balaban J connectivity index is 2.34. The number of para-hydroxylation sites is 1. The minimum absolute atomic E-state index is 0.0536. The molecule has 0 fully saturated rings. The Bertz CT molecular complexity index is 655. The molecule has 1 heterocycles. The Hall–Kier alpha value is -2.63. The van der Waals surface area contributed by atoms with Crippen LogP contribution in [0.2, 0.25) is 0 Å². The maximum atomic E-state index is 11.5. The fourth-order valence-electron chi connectivity index (χ4n) is 1.87. The fourth-order valence-corrected chi connectivity index (χ4v) is 1.87. The van der Waals surface area contributed by atoms with Crippen LogP contribution in [0.3, 0.4) is 0 Å². The maximum Gasteiger partial charge on any atom is 0.354 e. The summed E-state index contributed by atoms with van der Waals surface area (Å²) < 4.78 is 0. The van der Waals surface area contributed by atoms with Gasteiger partial charge in [-0.05, 0) is 19.1 Å². The van der Waals surface area contributed by atoms with Crippen LogP contribution in [0.25, 0.3) is 10.9 Å². The molecule has 0 aliphatic carbocycles. The van der Waals surface area contributed by atoms with Gasteiger partial charge in [0, 0.05) is 17.6 Å². The number of amides is 1. The zero-order valence-corrected chi connectivity index (χ0v) is 11.0. The highest BCUT2D eigenvalue weighted by atomic mass is 16.4. The number of nitrogens with one attached hydrogen (secondary N) is 2. The normalized spacial score (nSPS) is 10.2. The van der Waals surface area contributed by atoms with Crippen molar-refractivity contribution < 1.29 is 14.7 Å². The van der Waals surface area contributed by atoms with Crippen molar-refractivity contribution in [2.45, 2.75) is 6.92 Å². The number of hydrogen-bond acceptors (Lipinski definition) is 4. The summed E-state index contributed by atoms with van der Waals surface area (Å²) in [5.74, 6) is -1.25. The number of hydrogen-bond donors (Lipinski definition) is 3. The number of nitrogens with zero attached hydrogens (tertiary/aromatic N) is 1. The minimum atomic E-state index is -1.10. The third-order valence-corrected chi connectivity index (χ3v) is 2.75. The second kappa shape index (κ2) is 6.01. The van der Waals surface area contributed by atoms with Gasteiger partial charge in [-0.2, -0.15) is 0 Å². The molecule has 3 N–H and O–H groups in total. The van der Waals surface area contributed by atoms with E-state index in [9.17, 15) is 9.59 Å². The van der Waals surface area contributed by atoms with E-state index in [4.69, 9.17) is 5.11 Å². The number of carboxylic acid groups (broad SMARTS) is 1. The molecule has 6 nitrogen and oxygen atoms in total. The summed E-state index contributed by atoms with van der Waals surface area (Å²) in [4.78, 5) is 26.6. The van der Waals surface area contributed by atoms with Gasteiger partial charge in [0.25, 0.3) is 0 Å². The number of carbonyl (C=O) groups is 2. The Morgan fingerprint density at radius 1 is 1.30 bits per heavy atom. The van der Waals surface area contributed by atoms with Crippen molar-refractivity contribution in [3.63, 3.8) is 0 Å². The Labute approximate surface area is 115 Å². The van der Waals surface area contributed by atoms with Gasteiger partial charge in [-0.15, -0.1) is 0 Å². The van der Waals surface area contributed by atoms with Gasteiger partial charge >= 0.3 is 5.97 Å². The summed E-state index contributed by atoms with van der Waals surface area (Å²) in [7, 11) is 0. The van der Waals surface area contributed by atoms with Gasteiger partial charge in [0.2, 0.25) is 5.91 Å². The first-order chi connectivity index (χ1) is 9.61. The molecule has 6 heteroatoms. The van der Waals surface area contributed by atoms with Crippen molar-refractivity contribution >= 4 is 28.5 Å². The molecule has 0 spiro atoms. The van der Waals surface area contributed by atoms with Crippen LogP contribution >= 0.6 is 0 Å². The molecule has 1 amide bonds. The largest absolute Gasteiger partial charge is 0.477 e. The van der Waals surface area contributed by atoms with E-state index in [1.807, 2.05) is 19.1 Å². The highest BCUT2D eigenvalue weighted by Gasteiger charge is 2.11. The van der Waals surface area contributed by atoms with Crippen LogP contribution in [0.5, 0.6) is 0 Å². The van der Waals surface area contributed by atoms with Crippen molar-refractivity contribution in [3.05, 3.63) is 36.0 Å². The molecule has 2 rings (SSSR count). The van der Waals surface area contributed by atoms with Crippen molar-refractivity contribution in [2.24, 2.45) is 0 Å². The summed E-state index contributed by atoms with van der Waals surface area (Å²) in [5, 5.41) is 15.5. The first kappa shape index (κ1) is 13.8. The number of fused-ring (bicyclic) bond motifs is 1. The fraction of sp³-hybridized carbons (Fsp3) is 0.214. The smallest absolute Gasteiger partial charge is 0.354 e. The minimum Gasteiger partial charge on any atom is -0.477 e. The molecule has 0 bridgehead atoms. The SMILES string of the molecule is CCNC(=O)CNc1cc(C(=O)O)nc2ccccc12. The summed E-state index contributed by atoms with van der Waals surface area (Å²) in [6, 6.07) is 8.62. The van der Waals surface area contributed by atoms with Crippen molar-refractivity contribution in [1.29, 1.82) is 0 Å². The van der Waals surface area contributed by atoms with E-state index in [1.54, 1.807) is 12.1 Å². The van der Waals surface area contributed by atoms with E-state index in [-0.39, 0.29) is 18.1 Å². The third-order valence-electron chi connectivity index (χ3n) is 2.75. The van der Waals surface area contributed by atoms with Crippen LogP contribution in [-0.2, 0) is 4.79 Å². The number of aromatic carboxylic acids is 1. The molecule has 20 heavy (non-hydrogen) atoms. The number of likely N-dealkylation sites (N-methyl/N-ethyl adjacent to an activating group) is 1. The highest BCUT2D eigenvalue weighted by Crippen LogP contribution is 2.22. The molecule has 0 unspecified atom stereocenters. The van der Waals surface area contributed by atoms with Crippen LogP contribution in [0.1, 0.15) is 17.4 Å². The highest BCUT2D eigenvalue weighted by molar-refractivity contribution is 5.97. The van der Waals surface area contributed by atoms with E-state index in [2.05, 4.69) is 15.6 Å². The summed E-state index contributed by atoms with van der Waals surface area (Å²) in [6.45, 7) is 2.47. The second-order valence-corrected chi connectivity index (χ2v) is 4.18. The lowest BCUT2D eigenvalue weighted by Gasteiger charge is -2.10. The zero-order valence-electron chi connectivity index (χ0n) is 11.0. The molecule has 0 aliphatic rings. The monoisotopic (exact) mass is 273 g/mol. The van der Waals surface area contributed by atoms with Crippen LogP contribution in [0, 0.1) is 0 Å². The lowest BCUT2D eigenvalue weighted by Crippen LogP contribution is -2.29. The first-order valence-corrected chi connectivity index (χ1v) is 6.25.